The second kappa shape index (κ2) is 6.52. The third-order valence-corrected chi connectivity index (χ3v) is 4.95. The van der Waals surface area contributed by atoms with Crippen LogP contribution in [0.4, 0.5) is 0 Å². The summed E-state index contributed by atoms with van der Waals surface area (Å²) in [5, 5.41) is 0. The van der Waals surface area contributed by atoms with Crippen molar-refractivity contribution in [2.45, 2.75) is 24.8 Å². The lowest BCUT2D eigenvalue weighted by Gasteiger charge is -2.10. The maximum Gasteiger partial charge on any atom is 0.240 e. The molecule has 0 radical (unpaired) electrons. The van der Waals surface area contributed by atoms with E-state index in [2.05, 4.69) is 27.6 Å². The van der Waals surface area contributed by atoms with E-state index in [4.69, 9.17) is 0 Å². The summed E-state index contributed by atoms with van der Waals surface area (Å²) in [6.07, 6.45) is 0.884. The molecule has 0 heterocycles. The second-order valence-electron chi connectivity index (χ2n) is 4.40. The lowest BCUT2D eigenvalue weighted by atomic mass is 10.1. The minimum Gasteiger partial charge on any atom is -0.207 e. The van der Waals surface area contributed by atoms with Crippen LogP contribution in [0.25, 0.3) is 0 Å². The third kappa shape index (κ3) is 3.69. The zero-order valence-electron chi connectivity index (χ0n) is 11.1. The van der Waals surface area contributed by atoms with Gasteiger partial charge in [-0.15, -0.1) is 0 Å². The zero-order valence-corrected chi connectivity index (χ0v) is 13.5. The highest BCUT2D eigenvalue weighted by molar-refractivity contribution is 9.10. The molecule has 106 valence electrons. The Morgan fingerprint density at radius 3 is 2.40 bits per heavy atom. The van der Waals surface area contributed by atoms with Gasteiger partial charge in [0.05, 0.1) is 4.90 Å². The number of sulfonamides is 1. The Balaban J connectivity index is 2.17. The van der Waals surface area contributed by atoms with Crippen LogP contribution in [-0.2, 0) is 23.0 Å². The molecule has 3 nitrogen and oxygen atoms in total. The SMILES string of the molecule is CCc1ccccc1CNS(=O)(=O)c1cccc(Br)c1. The first-order valence-electron chi connectivity index (χ1n) is 6.35. The van der Waals surface area contributed by atoms with E-state index < -0.39 is 10.0 Å². The van der Waals surface area contributed by atoms with E-state index in [1.807, 2.05) is 24.3 Å². The van der Waals surface area contributed by atoms with E-state index in [1.165, 1.54) is 0 Å². The van der Waals surface area contributed by atoms with Crippen LogP contribution in [0.2, 0.25) is 0 Å². The van der Waals surface area contributed by atoms with Crippen LogP contribution in [0, 0.1) is 0 Å². The molecule has 0 bridgehead atoms. The number of nitrogens with one attached hydrogen (secondary N) is 1. The highest BCUT2D eigenvalue weighted by Crippen LogP contribution is 2.17. The highest BCUT2D eigenvalue weighted by atomic mass is 79.9. The predicted molar refractivity (Wildman–Crippen MR) is 84.0 cm³/mol. The summed E-state index contributed by atoms with van der Waals surface area (Å²) in [5.74, 6) is 0. The van der Waals surface area contributed by atoms with Crippen molar-refractivity contribution in [2.75, 3.05) is 0 Å². The normalized spacial score (nSPS) is 11.5. The molecule has 0 amide bonds. The number of halogens is 1. The van der Waals surface area contributed by atoms with E-state index in [9.17, 15) is 8.42 Å². The van der Waals surface area contributed by atoms with Gasteiger partial charge in [0.25, 0.3) is 0 Å². The maximum absolute atomic E-state index is 12.2. The number of hydrogen-bond donors (Lipinski definition) is 1. The monoisotopic (exact) mass is 353 g/mol. The van der Waals surface area contributed by atoms with E-state index in [0.29, 0.717) is 6.54 Å². The summed E-state index contributed by atoms with van der Waals surface area (Å²) >= 11 is 3.28. The molecular weight excluding hydrogens is 338 g/mol. The van der Waals surface area contributed by atoms with Gasteiger partial charge in [-0.2, -0.15) is 0 Å². The van der Waals surface area contributed by atoms with Crippen molar-refractivity contribution in [3.05, 3.63) is 64.1 Å². The minimum absolute atomic E-state index is 0.265. The summed E-state index contributed by atoms with van der Waals surface area (Å²) in [6.45, 7) is 2.36. The lowest BCUT2D eigenvalue weighted by Crippen LogP contribution is -2.23. The van der Waals surface area contributed by atoms with Crippen molar-refractivity contribution < 1.29 is 8.42 Å². The standard InChI is InChI=1S/C15H16BrNO2S/c1-2-12-6-3-4-7-13(12)11-17-20(18,19)15-9-5-8-14(16)10-15/h3-10,17H,2,11H2,1H3. The number of rotatable bonds is 5. The van der Waals surface area contributed by atoms with E-state index >= 15 is 0 Å². The summed E-state index contributed by atoms with van der Waals surface area (Å²) in [4.78, 5) is 0.265. The molecule has 20 heavy (non-hydrogen) atoms. The highest BCUT2D eigenvalue weighted by Gasteiger charge is 2.14. The molecule has 2 aromatic carbocycles. The average molecular weight is 354 g/mol. The Labute approximate surface area is 128 Å². The van der Waals surface area contributed by atoms with E-state index in [1.54, 1.807) is 24.3 Å². The van der Waals surface area contributed by atoms with Gasteiger partial charge in [0, 0.05) is 11.0 Å². The van der Waals surface area contributed by atoms with Crippen molar-refractivity contribution in [1.29, 1.82) is 0 Å². The first kappa shape index (κ1) is 15.2. The first-order valence-corrected chi connectivity index (χ1v) is 8.62. The van der Waals surface area contributed by atoms with Crippen molar-refractivity contribution in [3.8, 4) is 0 Å². The van der Waals surface area contributed by atoms with E-state index in [0.717, 1.165) is 22.0 Å². The molecule has 2 rings (SSSR count). The predicted octanol–water partition coefficient (Wildman–Crippen LogP) is 3.49. The number of hydrogen-bond acceptors (Lipinski definition) is 2. The molecule has 0 saturated carbocycles. The van der Waals surface area contributed by atoms with Gasteiger partial charge in [-0.1, -0.05) is 53.2 Å². The maximum atomic E-state index is 12.2. The quantitative estimate of drug-likeness (QED) is 0.894. The summed E-state index contributed by atoms with van der Waals surface area (Å²) in [6, 6.07) is 14.5. The van der Waals surface area contributed by atoms with Crippen LogP contribution < -0.4 is 4.72 Å². The van der Waals surface area contributed by atoms with Crippen LogP contribution in [0.1, 0.15) is 18.1 Å². The second-order valence-corrected chi connectivity index (χ2v) is 7.09. The molecule has 0 aromatic heterocycles. The Morgan fingerprint density at radius 1 is 1.05 bits per heavy atom. The molecule has 0 saturated heterocycles. The van der Waals surface area contributed by atoms with Gasteiger partial charge in [0.1, 0.15) is 0 Å². The van der Waals surface area contributed by atoms with Gasteiger partial charge in [0.15, 0.2) is 0 Å². The fourth-order valence-electron chi connectivity index (χ4n) is 1.97. The van der Waals surface area contributed by atoms with Crippen LogP contribution in [0.5, 0.6) is 0 Å². The Bertz CT molecular complexity index is 699. The lowest BCUT2D eigenvalue weighted by molar-refractivity contribution is 0.581. The van der Waals surface area contributed by atoms with Crippen LogP contribution in [0.3, 0.4) is 0 Å². The van der Waals surface area contributed by atoms with Crippen molar-refractivity contribution in [2.24, 2.45) is 0 Å². The topological polar surface area (TPSA) is 46.2 Å². The Hall–Kier alpha value is -1.17. The molecule has 0 fully saturated rings. The van der Waals surface area contributed by atoms with E-state index in [-0.39, 0.29) is 4.90 Å². The number of benzene rings is 2. The fourth-order valence-corrected chi connectivity index (χ4v) is 3.57. The first-order chi connectivity index (χ1) is 9.53. The molecule has 0 aliphatic heterocycles. The van der Waals surface area contributed by atoms with Crippen LogP contribution in [-0.4, -0.2) is 8.42 Å². The smallest absolute Gasteiger partial charge is 0.207 e. The summed E-state index contributed by atoms with van der Waals surface area (Å²) in [7, 11) is -3.49. The van der Waals surface area contributed by atoms with Crippen molar-refractivity contribution in [1.82, 2.24) is 4.72 Å². The Morgan fingerprint density at radius 2 is 1.75 bits per heavy atom. The molecule has 5 heteroatoms. The molecule has 0 atom stereocenters. The Kier molecular flexibility index (Phi) is 4.96. The fraction of sp³-hybridized carbons (Fsp3) is 0.200. The molecule has 0 aliphatic rings. The van der Waals surface area contributed by atoms with Gasteiger partial charge in [-0.3, -0.25) is 0 Å². The van der Waals surface area contributed by atoms with Gasteiger partial charge in [-0.25, -0.2) is 13.1 Å². The number of aryl methyl sites for hydroxylation is 1. The van der Waals surface area contributed by atoms with Crippen LogP contribution in [0.15, 0.2) is 57.9 Å². The molecule has 0 aliphatic carbocycles. The van der Waals surface area contributed by atoms with Crippen molar-refractivity contribution in [3.63, 3.8) is 0 Å². The summed E-state index contributed by atoms with van der Waals surface area (Å²) in [5.41, 5.74) is 2.16. The third-order valence-electron chi connectivity index (χ3n) is 3.06. The van der Waals surface area contributed by atoms with Gasteiger partial charge >= 0.3 is 0 Å². The van der Waals surface area contributed by atoms with Crippen molar-refractivity contribution >= 4 is 26.0 Å². The largest absolute Gasteiger partial charge is 0.240 e. The summed E-state index contributed by atoms with van der Waals surface area (Å²) < 4.78 is 27.8. The zero-order chi connectivity index (χ0) is 14.6. The van der Waals surface area contributed by atoms with Gasteiger partial charge < -0.3 is 0 Å². The molecule has 1 N–H and O–H groups in total. The van der Waals surface area contributed by atoms with Crippen LogP contribution >= 0.6 is 15.9 Å². The minimum atomic E-state index is -3.49. The van der Waals surface area contributed by atoms with Gasteiger partial charge in [-0.05, 0) is 35.7 Å². The molecule has 0 unspecified atom stereocenters. The van der Waals surface area contributed by atoms with Gasteiger partial charge in [0.2, 0.25) is 10.0 Å². The molecule has 2 aromatic rings. The molecule has 0 spiro atoms. The average Bonchev–Trinajstić information content (AvgIpc) is 2.45. The molecular formula is C15H16BrNO2S.